The summed E-state index contributed by atoms with van der Waals surface area (Å²) in [5.41, 5.74) is 1.89. The smallest absolute Gasteiger partial charge is 0.0688 e. The molecule has 1 heterocycles. The van der Waals surface area contributed by atoms with E-state index >= 15 is 0 Å². The molecule has 0 radical (unpaired) electrons. The van der Waals surface area contributed by atoms with Crippen LogP contribution in [0.4, 0.5) is 0 Å². The Morgan fingerprint density at radius 1 is 1.47 bits per heavy atom. The molecule has 17 heavy (non-hydrogen) atoms. The zero-order valence-corrected chi connectivity index (χ0v) is 11.4. The van der Waals surface area contributed by atoms with E-state index in [1.807, 2.05) is 0 Å². The van der Waals surface area contributed by atoms with E-state index in [-0.39, 0.29) is 0 Å². The molecule has 1 spiro atoms. The highest BCUT2D eigenvalue weighted by atomic mass is 16.5. The number of rotatable bonds is 5. The normalized spacial score (nSPS) is 28.1. The van der Waals surface area contributed by atoms with Crippen molar-refractivity contribution in [2.45, 2.75) is 58.0 Å². The maximum atomic E-state index is 5.99. The Morgan fingerprint density at radius 2 is 2.29 bits per heavy atom. The van der Waals surface area contributed by atoms with Crippen molar-refractivity contribution < 1.29 is 4.74 Å². The lowest BCUT2D eigenvalue weighted by atomic mass is 9.70. The molecule has 1 saturated carbocycles. The van der Waals surface area contributed by atoms with Crippen LogP contribution >= 0.6 is 0 Å². The molecule has 0 bridgehead atoms. The van der Waals surface area contributed by atoms with Crippen LogP contribution < -0.4 is 5.32 Å². The summed E-state index contributed by atoms with van der Waals surface area (Å²) in [6.45, 7) is 7.64. The van der Waals surface area contributed by atoms with Gasteiger partial charge in [0.2, 0.25) is 0 Å². The van der Waals surface area contributed by atoms with Crippen LogP contribution in [0.2, 0.25) is 0 Å². The van der Waals surface area contributed by atoms with Gasteiger partial charge in [-0.3, -0.25) is 0 Å². The van der Waals surface area contributed by atoms with Crippen LogP contribution in [0, 0.1) is 5.92 Å². The maximum Gasteiger partial charge on any atom is 0.0688 e. The topological polar surface area (TPSA) is 21.3 Å². The van der Waals surface area contributed by atoms with Crippen molar-refractivity contribution in [3.63, 3.8) is 0 Å². The Bertz CT molecular complexity index is 268. The van der Waals surface area contributed by atoms with Gasteiger partial charge in [-0.2, -0.15) is 0 Å². The second kappa shape index (κ2) is 6.01. The lowest BCUT2D eigenvalue weighted by molar-refractivity contribution is -0.138. The Hall–Kier alpha value is -0.340. The van der Waals surface area contributed by atoms with E-state index in [0.717, 1.165) is 25.6 Å². The molecule has 1 unspecified atom stereocenters. The molecule has 98 valence electrons. The van der Waals surface area contributed by atoms with Gasteiger partial charge in [0.15, 0.2) is 0 Å². The van der Waals surface area contributed by atoms with E-state index in [1.165, 1.54) is 38.5 Å². The number of hydrogen-bond donors (Lipinski definition) is 1. The van der Waals surface area contributed by atoms with Crippen LogP contribution in [0.5, 0.6) is 0 Å². The lowest BCUT2D eigenvalue weighted by Gasteiger charge is -2.47. The minimum absolute atomic E-state index is 0.291. The van der Waals surface area contributed by atoms with Gasteiger partial charge in [-0.1, -0.05) is 18.6 Å². The quantitative estimate of drug-likeness (QED) is 0.585. The molecule has 0 aromatic rings. The van der Waals surface area contributed by atoms with E-state index in [2.05, 4.69) is 25.2 Å². The Morgan fingerprint density at radius 3 is 2.94 bits per heavy atom. The summed E-state index contributed by atoms with van der Waals surface area (Å²) in [6.07, 6.45) is 10.1. The number of ether oxygens (including phenoxy) is 1. The van der Waals surface area contributed by atoms with Gasteiger partial charge >= 0.3 is 0 Å². The summed E-state index contributed by atoms with van der Waals surface area (Å²) in [5, 5.41) is 3.38. The van der Waals surface area contributed by atoms with Crippen molar-refractivity contribution in [1.82, 2.24) is 5.32 Å². The first kappa shape index (κ1) is 13.1. The Balaban J connectivity index is 1.79. The fourth-order valence-corrected chi connectivity index (χ4v) is 3.08. The van der Waals surface area contributed by atoms with Crippen LogP contribution in [0.1, 0.15) is 52.4 Å². The summed E-state index contributed by atoms with van der Waals surface area (Å²) >= 11 is 0. The van der Waals surface area contributed by atoms with Crippen molar-refractivity contribution in [1.29, 1.82) is 0 Å². The largest absolute Gasteiger partial charge is 0.375 e. The summed E-state index contributed by atoms with van der Waals surface area (Å²) < 4.78 is 5.99. The second-order valence-electron chi connectivity index (χ2n) is 5.67. The van der Waals surface area contributed by atoms with Crippen LogP contribution in [-0.2, 0) is 4.74 Å². The predicted molar refractivity (Wildman–Crippen MR) is 72.2 cm³/mol. The fourth-order valence-electron chi connectivity index (χ4n) is 3.08. The first-order valence-corrected chi connectivity index (χ1v) is 7.27. The summed E-state index contributed by atoms with van der Waals surface area (Å²) in [7, 11) is 0. The van der Waals surface area contributed by atoms with Crippen molar-refractivity contribution in [2.75, 3.05) is 19.7 Å². The van der Waals surface area contributed by atoms with Gasteiger partial charge < -0.3 is 10.1 Å². The van der Waals surface area contributed by atoms with Gasteiger partial charge in [-0.05, 0) is 64.5 Å². The molecule has 1 saturated heterocycles. The highest BCUT2D eigenvalue weighted by molar-refractivity contribution is 5.08. The minimum Gasteiger partial charge on any atom is -0.375 e. The molecule has 0 amide bonds. The molecular formula is C15H27NO. The Kier molecular flexibility index (Phi) is 4.63. The molecule has 2 fully saturated rings. The molecule has 2 heteroatoms. The van der Waals surface area contributed by atoms with Crippen LogP contribution in [0.3, 0.4) is 0 Å². The van der Waals surface area contributed by atoms with E-state index in [4.69, 9.17) is 4.74 Å². The van der Waals surface area contributed by atoms with Gasteiger partial charge in [0.05, 0.1) is 5.60 Å². The molecule has 0 aromatic carbocycles. The van der Waals surface area contributed by atoms with Gasteiger partial charge in [0, 0.05) is 6.61 Å². The number of nitrogens with one attached hydrogen (secondary N) is 1. The monoisotopic (exact) mass is 237 g/mol. The lowest BCUT2D eigenvalue weighted by Crippen LogP contribution is -2.45. The molecule has 2 aliphatic rings. The van der Waals surface area contributed by atoms with Crippen LogP contribution in [-0.4, -0.2) is 25.3 Å². The average Bonchev–Trinajstić information content (AvgIpc) is 2.32. The average molecular weight is 237 g/mol. The highest BCUT2D eigenvalue weighted by Crippen LogP contribution is 2.45. The summed E-state index contributed by atoms with van der Waals surface area (Å²) in [6, 6.07) is 0. The third-order valence-electron chi connectivity index (χ3n) is 4.44. The molecule has 2 nitrogen and oxygen atoms in total. The third-order valence-corrected chi connectivity index (χ3v) is 4.44. The molecular weight excluding hydrogens is 210 g/mol. The first-order chi connectivity index (χ1) is 8.26. The summed E-state index contributed by atoms with van der Waals surface area (Å²) in [4.78, 5) is 0. The molecule has 0 aromatic heterocycles. The zero-order chi connectivity index (χ0) is 12.1. The SMILES string of the molecule is CCNCCC=C(C)C1CCOC2(CCC2)C1. The minimum atomic E-state index is 0.291. The maximum absolute atomic E-state index is 5.99. The van der Waals surface area contributed by atoms with Gasteiger partial charge in [-0.15, -0.1) is 0 Å². The van der Waals surface area contributed by atoms with E-state index in [1.54, 1.807) is 5.57 Å². The van der Waals surface area contributed by atoms with Crippen molar-refractivity contribution in [2.24, 2.45) is 5.92 Å². The summed E-state index contributed by atoms with van der Waals surface area (Å²) in [5.74, 6) is 0.783. The third kappa shape index (κ3) is 3.32. The first-order valence-electron chi connectivity index (χ1n) is 7.27. The van der Waals surface area contributed by atoms with Crippen molar-refractivity contribution >= 4 is 0 Å². The zero-order valence-electron chi connectivity index (χ0n) is 11.4. The van der Waals surface area contributed by atoms with Crippen LogP contribution in [0.25, 0.3) is 0 Å². The van der Waals surface area contributed by atoms with Gasteiger partial charge in [-0.25, -0.2) is 0 Å². The van der Waals surface area contributed by atoms with Crippen molar-refractivity contribution in [3.8, 4) is 0 Å². The van der Waals surface area contributed by atoms with E-state index in [0.29, 0.717) is 5.60 Å². The molecule has 2 rings (SSSR count). The predicted octanol–water partition coefficient (Wildman–Crippen LogP) is 3.28. The number of hydrogen-bond acceptors (Lipinski definition) is 2. The fraction of sp³-hybridized carbons (Fsp3) is 0.867. The van der Waals surface area contributed by atoms with Crippen LogP contribution in [0.15, 0.2) is 11.6 Å². The van der Waals surface area contributed by atoms with Gasteiger partial charge in [0.1, 0.15) is 0 Å². The second-order valence-corrected chi connectivity index (χ2v) is 5.67. The molecule has 1 atom stereocenters. The molecule has 1 aliphatic heterocycles. The van der Waals surface area contributed by atoms with E-state index < -0.39 is 0 Å². The van der Waals surface area contributed by atoms with Crippen molar-refractivity contribution in [3.05, 3.63) is 11.6 Å². The number of allylic oxidation sites excluding steroid dienone is 1. The molecule has 1 aliphatic carbocycles. The van der Waals surface area contributed by atoms with E-state index in [9.17, 15) is 0 Å². The van der Waals surface area contributed by atoms with Gasteiger partial charge in [0.25, 0.3) is 0 Å². The standard InChI is InChI=1S/C15H27NO/c1-3-16-10-4-6-13(2)14-7-11-17-15(12-14)8-5-9-15/h6,14,16H,3-5,7-12H2,1-2H3. The molecule has 1 N–H and O–H groups in total. The highest BCUT2D eigenvalue weighted by Gasteiger charge is 2.42. The Labute approximate surface area is 106 Å².